The van der Waals surface area contributed by atoms with Crippen molar-refractivity contribution in [2.75, 3.05) is 59.6 Å². The highest BCUT2D eigenvalue weighted by atomic mass is 17.2. The Balaban J connectivity index is 0.000000304. The molecule has 0 fully saturated rings. The van der Waals surface area contributed by atoms with Crippen LogP contribution in [0.2, 0.25) is 0 Å². The summed E-state index contributed by atoms with van der Waals surface area (Å²) in [4.78, 5) is 104. The van der Waals surface area contributed by atoms with E-state index in [-0.39, 0.29) is 68.2 Å². The van der Waals surface area contributed by atoms with Crippen molar-refractivity contribution in [1.29, 1.82) is 0 Å². The molecule has 96 heavy (non-hydrogen) atoms. The lowest BCUT2D eigenvalue weighted by Gasteiger charge is -2.11. The molecule has 24 nitrogen and oxygen atoms in total. The zero-order valence-electron chi connectivity index (χ0n) is 52.3. The third-order valence-electron chi connectivity index (χ3n) is 12.4. The molecule has 0 atom stereocenters. The SMILES string of the molecule is C=C=COOCCCCOc1ccc(OCOc2ccc3cc(OC(=O)c4ccc(OCCCCOC(=O)C=C)cc4)ccc3c2)cc1.C=CC(=O)OCCOC(=O)Oc1ccc(CC(=O)Oc2ccc(OC(=O)c3ccc(OC(=O)OCCOC(=O)C=C)cc3)cc2C)cc1. The molecule has 0 unspecified atom stereocenters. The summed E-state index contributed by atoms with van der Waals surface area (Å²) < 4.78 is 73.3. The number of aryl methyl sites for hydroxylation is 1. The highest BCUT2D eigenvalue weighted by molar-refractivity contribution is 5.93. The normalized spacial score (nSPS) is 10.2. The van der Waals surface area contributed by atoms with Crippen molar-refractivity contribution < 1.29 is 114 Å². The van der Waals surface area contributed by atoms with Gasteiger partial charge in [-0.2, -0.15) is 4.89 Å². The molecule has 0 aliphatic heterocycles. The van der Waals surface area contributed by atoms with Crippen molar-refractivity contribution in [1.82, 2.24) is 0 Å². The van der Waals surface area contributed by atoms with Gasteiger partial charge >= 0.3 is 48.1 Å². The predicted molar refractivity (Wildman–Crippen MR) is 344 cm³/mol. The van der Waals surface area contributed by atoms with E-state index in [1.807, 2.05) is 48.5 Å². The summed E-state index contributed by atoms with van der Waals surface area (Å²) in [5.74, 6) is 0.367. The van der Waals surface area contributed by atoms with Crippen molar-refractivity contribution >= 4 is 58.9 Å². The van der Waals surface area contributed by atoms with E-state index in [0.717, 1.165) is 47.6 Å². The van der Waals surface area contributed by atoms with Crippen LogP contribution in [-0.2, 0) is 59.1 Å². The average Bonchev–Trinajstić information content (AvgIpc) is 0.858. The van der Waals surface area contributed by atoms with Crippen molar-refractivity contribution in [3.63, 3.8) is 0 Å². The monoisotopic (exact) mass is 1320 g/mol. The minimum absolute atomic E-state index is 0.0293. The van der Waals surface area contributed by atoms with Crippen molar-refractivity contribution in [3.8, 4) is 51.7 Å². The fourth-order valence-electron chi connectivity index (χ4n) is 7.73. The topological polar surface area (TPSA) is 284 Å². The molecule has 0 aliphatic carbocycles. The van der Waals surface area contributed by atoms with E-state index in [0.29, 0.717) is 79.0 Å². The number of esters is 6. The molecule has 0 N–H and O–H groups in total. The Kier molecular flexibility index (Phi) is 30.9. The van der Waals surface area contributed by atoms with Gasteiger partial charge in [0.1, 0.15) is 78.2 Å². The van der Waals surface area contributed by atoms with E-state index in [4.69, 9.17) is 66.6 Å². The van der Waals surface area contributed by atoms with E-state index in [9.17, 15) is 38.4 Å². The van der Waals surface area contributed by atoms with Gasteiger partial charge < -0.3 is 71.2 Å². The Labute approximate surface area is 552 Å². The number of rotatable bonds is 36. The fourth-order valence-corrected chi connectivity index (χ4v) is 7.73. The van der Waals surface area contributed by atoms with Crippen LogP contribution in [0.25, 0.3) is 10.8 Å². The second kappa shape index (κ2) is 40.7. The van der Waals surface area contributed by atoms with Crippen molar-refractivity contribution in [2.24, 2.45) is 0 Å². The molecule has 0 bridgehead atoms. The van der Waals surface area contributed by atoms with Crippen LogP contribution in [0.1, 0.15) is 57.5 Å². The molecule has 0 saturated heterocycles. The van der Waals surface area contributed by atoms with Crippen LogP contribution in [0, 0.1) is 6.92 Å². The maximum absolute atomic E-state index is 12.7. The largest absolute Gasteiger partial charge is 0.513 e. The lowest BCUT2D eigenvalue weighted by molar-refractivity contribution is -0.249. The summed E-state index contributed by atoms with van der Waals surface area (Å²) >= 11 is 0. The van der Waals surface area contributed by atoms with Crippen LogP contribution in [0.15, 0.2) is 208 Å². The van der Waals surface area contributed by atoms with Gasteiger partial charge in [-0.05, 0) is 182 Å². The maximum atomic E-state index is 12.7. The summed E-state index contributed by atoms with van der Waals surface area (Å²) in [6.07, 6.45) is 5.25. The Morgan fingerprint density at radius 2 is 0.802 bits per heavy atom. The van der Waals surface area contributed by atoms with E-state index in [1.165, 1.54) is 60.9 Å². The van der Waals surface area contributed by atoms with Crippen LogP contribution in [0.4, 0.5) is 9.59 Å². The van der Waals surface area contributed by atoms with Gasteiger partial charge in [0, 0.05) is 18.2 Å². The van der Waals surface area contributed by atoms with Crippen molar-refractivity contribution in [2.45, 2.75) is 39.0 Å². The number of carbonyl (C=O) groups is 8. The Morgan fingerprint density at radius 1 is 0.396 bits per heavy atom. The van der Waals surface area contributed by atoms with E-state index in [2.05, 4.69) is 41.5 Å². The number of hydrogen-bond donors (Lipinski definition) is 0. The summed E-state index contributed by atoms with van der Waals surface area (Å²) in [5, 5.41) is 1.81. The minimum Gasteiger partial charge on any atom is -0.494 e. The van der Waals surface area contributed by atoms with Crippen LogP contribution >= 0.6 is 0 Å². The Bertz CT molecular complexity index is 3800. The first-order valence-corrected chi connectivity index (χ1v) is 29.5. The number of hydrogen-bond acceptors (Lipinski definition) is 24. The average molecular weight is 1320 g/mol. The standard InChI is InChI=1S/C38H38O10.C34H30O14/c1-3-21-46-47-25-8-7-23-42-33-17-19-34(20-18-33)44-28-45-35-15-11-31-27-36(16-12-30(31)26-35)48-38(40)29-9-13-32(14-10-29)41-22-5-6-24-43-37(39)4-2;1-4-29(35)41-16-18-43-33(39)46-25-10-6-23(7-11-25)21-31(37)48-28-15-14-27(20-22(28)3)45-32(38)24-8-12-26(13-9-24)47-34(40)44-19-17-42-30(36)5-2/h4,9-21,26-27H,1-2,5-8,22-25,28H2;4-15,20H,1-2,16-19,21H2,3H3. The van der Waals surface area contributed by atoms with Gasteiger partial charge in [-0.3, -0.25) is 4.79 Å². The van der Waals surface area contributed by atoms with Gasteiger partial charge in [0.25, 0.3) is 0 Å². The molecule has 24 heteroatoms. The van der Waals surface area contributed by atoms with Gasteiger partial charge in [0.2, 0.25) is 6.79 Å². The zero-order valence-corrected chi connectivity index (χ0v) is 52.3. The maximum Gasteiger partial charge on any atom is 0.513 e. The first-order chi connectivity index (χ1) is 46.6. The molecule has 0 aliphatic rings. The number of fused-ring (bicyclic) bond motifs is 1. The van der Waals surface area contributed by atoms with Crippen LogP contribution in [0.3, 0.4) is 0 Å². The summed E-state index contributed by atoms with van der Waals surface area (Å²) in [6.45, 7) is 16.0. The summed E-state index contributed by atoms with van der Waals surface area (Å²) in [7, 11) is 0. The molecule has 0 spiro atoms. The predicted octanol–water partition coefficient (Wildman–Crippen LogP) is 12.6. The quantitative estimate of drug-likeness (QED) is 0.00301. The molecule has 0 saturated carbocycles. The van der Waals surface area contributed by atoms with Crippen LogP contribution in [-0.4, -0.2) is 108 Å². The van der Waals surface area contributed by atoms with Gasteiger partial charge in [-0.25, -0.2) is 33.6 Å². The molecular formula is C72H68O24. The van der Waals surface area contributed by atoms with E-state index < -0.39 is 48.1 Å². The first-order valence-electron chi connectivity index (χ1n) is 29.5. The Morgan fingerprint density at radius 3 is 1.32 bits per heavy atom. The minimum atomic E-state index is -1.03. The number of ether oxygens (including phenoxy) is 14. The molecule has 7 aromatic rings. The van der Waals surface area contributed by atoms with Gasteiger partial charge in [0.15, 0.2) is 6.26 Å². The lowest BCUT2D eigenvalue weighted by atomic mass is 10.1. The first kappa shape index (κ1) is 72.9. The van der Waals surface area contributed by atoms with Crippen LogP contribution < -0.4 is 42.6 Å². The smallest absolute Gasteiger partial charge is 0.494 e. The molecule has 7 rings (SSSR count). The van der Waals surface area contributed by atoms with Crippen molar-refractivity contribution in [3.05, 3.63) is 230 Å². The number of benzene rings is 7. The van der Waals surface area contributed by atoms with E-state index in [1.54, 1.807) is 55.5 Å². The Hall–Kier alpha value is -12.1. The summed E-state index contributed by atoms with van der Waals surface area (Å²) in [5.41, 5.74) is 4.13. The van der Waals surface area contributed by atoms with Crippen LogP contribution in [0.5, 0.6) is 51.7 Å². The fraction of sp³-hybridized carbons (Fsp3) is 0.208. The molecule has 0 heterocycles. The zero-order chi connectivity index (χ0) is 68.7. The third-order valence-corrected chi connectivity index (χ3v) is 12.4. The molecule has 0 radical (unpaired) electrons. The molecule has 0 amide bonds. The number of carbonyl (C=O) groups excluding carboxylic acids is 8. The third kappa shape index (κ3) is 27.4. The van der Waals surface area contributed by atoms with Gasteiger partial charge in [-0.15, -0.1) is 0 Å². The molecule has 500 valence electrons. The highest BCUT2D eigenvalue weighted by Gasteiger charge is 2.16. The molecule has 7 aromatic carbocycles. The molecule has 0 aromatic heterocycles. The van der Waals surface area contributed by atoms with E-state index >= 15 is 0 Å². The lowest BCUT2D eigenvalue weighted by Crippen LogP contribution is -2.16. The highest BCUT2D eigenvalue weighted by Crippen LogP contribution is 2.28. The second-order valence-corrected chi connectivity index (χ2v) is 19.5. The van der Waals surface area contributed by atoms with Gasteiger partial charge in [0.05, 0.1) is 44.0 Å². The number of unbranched alkanes of at least 4 members (excludes halogenated alkanes) is 2. The van der Waals surface area contributed by atoms with Gasteiger partial charge in [-0.1, -0.05) is 56.3 Å². The summed E-state index contributed by atoms with van der Waals surface area (Å²) in [6, 6.07) is 41.1. The molecular weight excluding hydrogens is 1250 g/mol. The second-order valence-electron chi connectivity index (χ2n) is 19.5.